The number of esters is 1. The Hall–Kier alpha value is -1.78. The Balaban J connectivity index is 2.49. The summed E-state index contributed by atoms with van der Waals surface area (Å²) in [7, 11) is 3.24. The van der Waals surface area contributed by atoms with Crippen molar-refractivity contribution in [3.05, 3.63) is 24.0 Å². The molecular weight excluding hydrogens is 206 g/mol. The van der Waals surface area contributed by atoms with Gasteiger partial charge in [0.1, 0.15) is 0 Å². The van der Waals surface area contributed by atoms with E-state index in [1.54, 1.807) is 10.9 Å². The fraction of sp³-hybridized carbons (Fsp3) is 0.455. The van der Waals surface area contributed by atoms with Crippen molar-refractivity contribution < 1.29 is 9.53 Å². The molecule has 0 spiro atoms. The van der Waals surface area contributed by atoms with E-state index in [2.05, 4.69) is 15.2 Å². The minimum atomic E-state index is -0.268. The van der Waals surface area contributed by atoms with Crippen LogP contribution in [0, 0.1) is 0 Å². The molecule has 0 aliphatic carbocycles. The van der Waals surface area contributed by atoms with Crippen molar-refractivity contribution >= 4 is 11.7 Å². The predicted molar refractivity (Wildman–Crippen MR) is 62.1 cm³/mol. The Labute approximate surface area is 95.1 Å². The second-order valence-corrected chi connectivity index (χ2v) is 3.36. The van der Waals surface area contributed by atoms with Crippen LogP contribution >= 0.6 is 0 Å². The summed E-state index contributed by atoms with van der Waals surface area (Å²) >= 11 is 0. The van der Waals surface area contributed by atoms with Gasteiger partial charge in [0.15, 0.2) is 0 Å². The predicted octanol–water partition coefficient (Wildman–Crippen LogP) is 1.34. The molecule has 1 aromatic rings. The maximum absolute atomic E-state index is 11.3. The highest BCUT2D eigenvalue weighted by molar-refractivity contribution is 5.88. The summed E-state index contributed by atoms with van der Waals surface area (Å²) in [5.41, 5.74) is 1.61. The van der Waals surface area contributed by atoms with Crippen LogP contribution in [-0.2, 0) is 16.6 Å². The minimum absolute atomic E-state index is 0.268. The average Bonchev–Trinajstić information content (AvgIpc) is 2.69. The van der Waals surface area contributed by atoms with Crippen LogP contribution in [0.2, 0.25) is 0 Å². The number of methoxy groups -OCH3 is 1. The molecular formula is C11H17N3O2. The Kier molecular flexibility index (Phi) is 4.57. The molecule has 1 heterocycles. The molecule has 88 valence electrons. The molecule has 16 heavy (non-hydrogen) atoms. The highest BCUT2D eigenvalue weighted by atomic mass is 16.5. The van der Waals surface area contributed by atoms with Crippen LogP contribution in [-0.4, -0.2) is 29.4 Å². The van der Waals surface area contributed by atoms with Gasteiger partial charge in [-0.1, -0.05) is 13.0 Å². The molecule has 0 aliphatic heterocycles. The number of rotatable bonds is 5. The van der Waals surface area contributed by atoms with E-state index in [4.69, 9.17) is 0 Å². The lowest BCUT2D eigenvalue weighted by Gasteiger charge is -2.03. The zero-order valence-electron chi connectivity index (χ0n) is 9.86. The standard InChI is InChI=1S/C11H17N3O2/c1-4-9(11(15)16-3)5-6-12-10-7-13-14(2)8-10/h5,7-8,12H,4,6H2,1-3H3. The molecule has 0 fully saturated rings. The first-order chi connectivity index (χ1) is 7.67. The third kappa shape index (κ3) is 3.42. The van der Waals surface area contributed by atoms with Gasteiger partial charge < -0.3 is 10.1 Å². The summed E-state index contributed by atoms with van der Waals surface area (Å²) < 4.78 is 6.37. The monoisotopic (exact) mass is 223 g/mol. The number of nitrogens with one attached hydrogen (secondary N) is 1. The minimum Gasteiger partial charge on any atom is -0.466 e. The van der Waals surface area contributed by atoms with Gasteiger partial charge in [-0.05, 0) is 6.42 Å². The molecule has 1 rings (SSSR count). The lowest BCUT2D eigenvalue weighted by molar-refractivity contribution is -0.136. The van der Waals surface area contributed by atoms with E-state index in [-0.39, 0.29) is 5.97 Å². The second kappa shape index (κ2) is 5.95. The number of aromatic nitrogens is 2. The van der Waals surface area contributed by atoms with Crippen molar-refractivity contribution in [2.45, 2.75) is 13.3 Å². The molecule has 5 heteroatoms. The number of carbonyl (C=O) groups is 1. The highest BCUT2D eigenvalue weighted by Crippen LogP contribution is 2.05. The molecule has 1 N–H and O–H groups in total. The summed E-state index contributed by atoms with van der Waals surface area (Å²) in [4.78, 5) is 11.3. The van der Waals surface area contributed by atoms with Gasteiger partial charge in [-0.25, -0.2) is 4.79 Å². The highest BCUT2D eigenvalue weighted by Gasteiger charge is 2.05. The molecule has 0 radical (unpaired) electrons. The van der Waals surface area contributed by atoms with Gasteiger partial charge in [0.2, 0.25) is 0 Å². The molecule has 0 amide bonds. The Morgan fingerprint density at radius 1 is 1.69 bits per heavy atom. The number of ether oxygens (including phenoxy) is 1. The molecule has 0 atom stereocenters. The van der Waals surface area contributed by atoms with E-state index in [0.29, 0.717) is 18.5 Å². The summed E-state index contributed by atoms with van der Waals surface area (Å²) in [6.07, 6.45) is 6.11. The lowest BCUT2D eigenvalue weighted by atomic mass is 10.2. The van der Waals surface area contributed by atoms with Crippen LogP contribution in [0.15, 0.2) is 24.0 Å². The normalized spacial score (nSPS) is 11.3. The molecule has 0 saturated heterocycles. The molecule has 1 aromatic heterocycles. The van der Waals surface area contributed by atoms with Crippen LogP contribution in [0.4, 0.5) is 5.69 Å². The van der Waals surface area contributed by atoms with Crippen molar-refractivity contribution in [1.29, 1.82) is 0 Å². The number of hydrogen-bond acceptors (Lipinski definition) is 4. The maximum atomic E-state index is 11.3. The van der Waals surface area contributed by atoms with Gasteiger partial charge >= 0.3 is 5.97 Å². The Morgan fingerprint density at radius 2 is 2.44 bits per heavy atom. The number of anilines is 1. The summed E-state index contributed by atoms with van der Waals surface area (Å²) in [5.74, 6) is -0.268. The Morgan fingerprint density at radius 3 is 2.94 bits per heavy atom. The fourth-order valence-electron chi connectivity index (χ4n) is 1.31. The zero-order valence-corrected chi connectivity index (χ0v) is 9.86. The first-order valence-electron chi connectivity index (χ1n) is 5.17. The van der Waals surface area contributed by atoms with Crippen LogP contribution in [0.1, 0.15) is 13.3 Å². The van der Waals surface area contributed by atoms with Crippen LogP contribution in [0.25, 0.3) is 0 Å². The smallest absolute Gasteiger partial charge is 0.333 e. The number of hydrogen-bond donors (Lipinski definition) is 1. The largest absolute Gasteiger partial charge is 0.466 e. The van der Waals surface area contributed by atoms with E-state index in [0.717, 1.165) is 5.69 Å². The van der Waals surface area contributed by atoms with Crippen LogP contribution in [0.5, 0.6) is 0 Å². The topological polar surface area (TPSA) is 56.2 Å². The third-order valence-corrected chi connectivity index (χ3v) is 2.19. The molecule has 0 aromatic carbocycles. The fourth-order valence-corrected chi connectivity index (χ4v) is 1.31. The van der Waals surface area contributed by atoms with Crippen molar-refractivity contribution in [1.82, 2.24) is 9.78 Å². The number of carbonyl (C=O) groups excluding carboxylic acids is 1. The lowest BCUT2D eigenvalue weighted by Crippen LogP contribution is -2.07. The van der Waals surface area contributed by atoms with Crippen LogP contribution < -0.4 is 5.32 Å². The van der Waals surface area contributed by atoms with E-state index in [1.165, 1.54) is 7.11 Å². The van der Waals surface area contributed by atoms with Crippen LogP contribution in [0.3, 0.4) is 0 Å². The summed E-state index contributed by atoms with van der Waals surface area (Å²) in [5, 5.41) is 7.17. The van der Waals surface area contributed by atoms with Crippen molar-refractivity contribution in [3.8, 4) is 0 Å². The van der Waals surface area contributed by atoms with E-state index in [1.807, 2.05) is 26.2 Å². The first kappa shape index (κ1) is 12.3. The molecule has 0 unspecified atom stereocenters. The van der Waals surface area contributed by atoms with E-state index in [9.17, 15) is 4.79 Å². The third-order valence-electron chi connectivity index (χ3n) is 2.19. The van der Waals surface area contributed by atoms with Gasteiger partial charge in [0, 0.05) is 25.4 Å². The number of nitrogens with zero attached hydrogens (tertiary/aromatic N) is 2. The zero-order chi connectivity index (χ0) is 12.0. The SMILES string of the molecule is CCC(=CCNc1cnn(C)c1)C(=O)OC. The van der Waals surface area contributed by atoms with Gasteiger partial charge in [0.05, 0.1) is 19.0 Å². The van der Waals surface area contributed by atoms with Crippen molar-refractivity contribution in [3.63, 3.8) is 0 Å². The first-order valence-corrected chi connectivity index (χ1v) is 5.17. The quantitative estimate of drug-likeness (QED) is 0.604. The summed E-state index contributed by atoms with van der Waals surface area (Å²) in [6.45, 7) is 2.51. The maximum Gasteiger partial charge on any atom is 0.333 e. The van der Waals surface area contributed by atoms with Gasteiger partial charge in [-0.2, -0.15) is 5.10 Å². The van der Waals surface area contributed by atoms with Crippen molar-refractivity contribution in [2.75, 3.05) is 19.0 Å². The molecule has 0 bridgehead atoms. The van der Waals surface area contributed by atoms with Gasteiger partial charge in [0.25, 0.3) is 0 Å². The molecule has 0 saturated carbocycles. The molecule has 5 nitrogen and oxygen atoms in total. The Bertz CT molecular complexity index is 382. The van der Waals surface area contributed by atoms with Crippen molar-refractivity contribution in [2.24, 2.45) is 7.05 Å². The van der Waals surface area contributed by atoms with Gasteiger partial charge in [-0.3, -0.25) is 4.68 Å². The number of aryl methyl sites for hydroxylation is 1. The van der Waals surface area contributed by atoms with E-state index < -0.39 is 0 Å². The van der Waals surface area contributed by atoms with Gasteiger partial charge in [-0.15, -0.1) is 0 Å². The molecule has 0 aliphatic rings. The second-order valence-electron chi connectivity index (χ2n) is 3.36. The average molecular weight is 223 g/mol. The van der Waals surface area contributed by atoms with E-state index >= 15 is 0 Å². The summed E-state index contributed by atoms with van der Waals surface area (Å²) in [6, 6.07) is 0.